The fourth-order valence-electron chi connectivity index (χ4n) is 1.92. The second kappa shape index (κ2) is 4.17. The maximum atomic E-state index is 5.16. The third kappa shape index (κ3) is 2.28. The average molecular weight is 203 g/mol. The second-order valence-corrected chi connectivity index (χ2v) is 4.33. The molecule has 1 saturated carbocycles. The largest absolute Gasteiger partial charge is 0.304 e. The summed E-state index contributed by atoms with van der Waals surface area (Å²) in [6.45, 7) is 2.81. The number of nitrogens with two attached hydrogens (primary N) is 1. The van der Waals surface area contributed by atoms with Gasteiger partial charge in [0.15, 0.2) is 0 Å². The monoisotopic (exact) mass is 203 g/mol. The molecule has 0 aromatic heterocycles. The van der Waals surface area contributed by atoms with Gasteiger partial charge in [-0.15, -0.1) is 0 Å². The Morgan fingerprint density at radius 2 is 2.07 bits per heavy atom. The van der Waals surface area contributed by atoms with Gasteiger partial charge in [-0.2, -0.15) is 0 Å². The number of hydrogen-bond donors (Lipinski definition) is 1. The first-order chi connectivity index (χ1) is 7.27. The lowest BCUT2D eigenvalue weighted by Crippen LogP contribution is -2.15. The van der Waals surface area contributed by atoms with Crippen LogP contribution < -0.4 is 5.90 Å². The van der Waals surface area contributed by atoms with Crippen molar-refractivity contribution in [2.75, 3.05) is 6.61 Å². The van der Waals surface area contributed by atoms with E-state index in [0.717, 1.165) is 0 Å². The zero-order chi connectivity index (χ0) is 10.7. The molecule has 2 N–H and O–H groups in total. The van der Waals surface area contributed by atoms with Gasteiger partial charge < -0.3 is 4.84 Å². The minimum absolute atomic E-state index is 0.227. The van der Waals surface area contributed by atoms with Gasteiger partial charge in [0.05, 0.1) is 6.61 Å². The fraction of sp³-hybridized carbons (Fsp3) is 0.385. The van der Waals surface area contributed by atoms with Gasteiger partial charge in [0.1, 0.15) is 0 Å². The Bertz CT molecular complexity index is 352. The lowest BCUT2D eigenvalue weighted by atomic mass is 9.96. The fourth-order valence-corrected chi connectivity index (χ4v) is 1.92. The molecule has 2 nitrogen and oxygen atoms in total. The van der Waals surface area contributed by atoms with Crippen LogP contribution in [0.5, 0.6) is 0 Å². The van der Waals surface area contributed by atoms with E-state index in [2.05, 4.69) is 37.3 Å². The Labute approximate surface area is 90.7 Å². The molecule has 0 aliphatic heterocycles. The van der Waals surface area contributed by atoms with Crippen molar-refractivity contribution in [3.05, 3.63) is 41.5 Å². The minimum Gasteiger partial charge on any atom is -0.304 e. The molecule has 0 bridgehead atoms. The van der Waals surface area contributed by atoms with Crippen molar-refractivity contribution in [2.24, 2.45) is 11.3 Å². The van der Waals surface area contributed by atoms with E-state index >= 15 is 0 Å². The van der Waals surface area contributed by atoms with E-state index in [-0.39, 0.29) is 5.41 Å². The molecule has 0 heterocycles. The highest BCUT2D eigenvalue weighted by Crippen LogP contribution is 2.52. The third-order valence-electron chi connectivity index (χ3n) is 3.23. The molecule has 0 atom stereocenters. The van der Waals surface area contributed by atoms with E-state index in [0.29, 0.717) is 6.61 Å². The maximum Gasteiger partial charge on any atom is 0.0772 e. The molecule has 1 aliphatic carbocycles. The summed E-state index contributed by atoms with van der Waals surface area (Å²) >= 11 is 0. The Hall–Kier alpha value is -1.12. The molecule has 0 radical (unpaired) electrons. The standard InChI is InChI=1S/C13H17NO/c1-11(13(7-8-13)10-15-14)9-12-5-3-2-4-6-12/h2-6,9H,7-8,10,14H2,1H3/b11-9-. The summed E-state index contributed by atoms with van der Waals surface area (Å²) in [4.78, 5) is 4.79. The van der Waals surface area contributed by atoms with Crippen molar-refractivity contribution in [1.82, 2.24) is 0 Å². The Morgan fingerprint density at radius 3 is 2.60 bits per heavy atom. The molecule has 1 fully saturated rings. The van der Waals surface area contributed by atoms with Crippen LogP contribution in [-0.2, 0) is 4.84 Å². The Balaban J connectivity index is 2.14. The SMILES string of the molecule is C/C(=C/c1ccccc1)C1(CON)CC1. The maximum absolute atomic E-state index is 5.16. The number of hydrogen-bond acceptors (Lipinski definition) is 2. The average Bonchev–Trinajstić information content (AvgIpc) is 3.01. The molecular formula is C13H17NO. The van der Waals surface area contributed by atoms with Crippen molar-refractivity contribution < 1.29 is 4.84 Å². The van der Waals surface area contributed by atoms with Crippen LogP contribution in [0.2, 0.25) is 0 Å². The predicted octanol–water partition coefficient (Wildman–Crippen LogP) is 2.76. The van der Waals surface area contributed by atoms with Gasteiger partial charge >= 0.3 is 0 Å². The van der Waals surface area contributed by atoms with Crippen LogP contribution in [-0.4, -0.2) is 6.61 Å². The van der Waals surface area contributed by atoms with E-state index in [9.17, 15) is 0 Å². The topological polar surface area (TPSA) is 35.2 Å². The zero-order valence-corrected chi connectivity index (χ0v) is 9.07. The molecule has 1 aromatic carbocycles. The van der Waals surface area contributed by atoms with Crippen molar-refractivity contribution in [2.45, 2.75) is 19.8 Å². The van der Waals surface area contributed by atoms with Crippen molar-refractivity contribution in [3.8, 4) is 0 Å². The van der Waals surface area contributed by atoms with E-state index in [1.165, 1.54) is 24.0 Å². The van der Waals surface area contributed by atoms with E-state index in [4.69, 9.17) is 10.7 Å². The first-order valence-corrected chi connectivity index (χ1v) is 5.32. The summed E-state index contributed by atoms with van der Waals surface area (Å²) in [5.74, 6) is 5.16. The first-order valence-electron chi connectivity index (χ1n) is 5.32. The van der Waals surface area contributed by atoms with Crippen LogP contribution in [0.1, 0.15) is 25.3 Å². The molecule has 0 saturated heterocycles. The van der Waals surface area contributed by atoms with E-state index in [1.807, 2.05) is 6.07 Å². The Kier molecular flexibility index (Phi) is 2.89. The first kappa shape index (κ1) is 10.4. The molecular weight excluding hydrogens is 186 g/mol. The molecule has 1 aliphatic rings. The number of rotatable bonds is 4. The summed E-state index contributed by atoms with van der Waals surface area (Å²) in [5, 5.41) is 0. The quantitative estimate of drug-likeness (QED) is 0.764. The van der Waals surface area contributed by atoms with Gasteiger partial charge in [-0.1, -0.05) is 42.0 Å². The summed E-state index contributed by atoms with van der Waals surface area (Å²) in [6.07, 6.45) is 4.62. The predicted molar refractivity (Wildman–Crippen MR) is 61.9 cm³/mol. The Morgan fingerprint density at radius 1 is 1.40 bits per heavy atom. The highest BCUT2D eigenvalue weighted by molar-refractivity contribution is 5.54. The van der Waals surface area contributed by atoms with Crippen LogP contribution in [0.25, 0.3) is 6.08 Å². The van der Waals surface area contributed by atoms with Gasteiger partial charge in [0.25, 0.3) is 0 Å². The van der Waals surface area contributed by atoms with Gasteiger partial charge in [0, 0.05) is 5.41 Å². The van der Waals surface area contributed by atoms with Crippen LogP contribution in [0.3, 0.4) is 0 Å². The van der Waals surface area contributed by atoms with Gasteiger partial charge in [-0.25, -0.2) is 5.90 Å². The molecule has 2 heteroatoms. The highest BCUT2D eigenvalue weighted by atomic mass is 16.6. The van der Waals surface area contributed by atoms with Gasteiger partial charge in [-0.3, -0.25) is 0 Å². The second-order valence-electron chi connectivity index (χ2n) is 4.33. The molecule has 0 unspecified atom stereocenters. The zero-order valence-electron chi connectivity index (χ0n) is 9.07. The minimum atomic E-state index is 0.227. The smallest absolute Gasteiger partial charge is 0.0772 e. The van der Waals surface area contributed by atoms with Crippen molar-refractivity contribution in [1.29, 1.82) is 0 Å². The molecule has 1 aromatic rings. The van der Waals surface area contributed by atoms with E-state index < -0.39 is 0 Å². The van der Waals surface area contributed by atoms with Crippen LogP contribution in [0.15, 0.2) is 35.9 Å². The van der Waals surface area contributed by atoms with E-state index in [1.54, 1.807) is 0 Å². The van der Waals surface area contributed by atoms with Crippen LogP contribution >= 0.6 is 0 Å². The summed E-state index contributed by atoms with van der Waals surface area (Å²) < 4.78 is 0. The highest BCUT2D eigenvalue weighted by Gasteiger charge is 2.44. The normalized spacial score (nSPS) is 18.9. The lowest BCUT2D eigenvalue weighted by Gasteiger charge is -2.14. The number of benzene rings is 1. The van der Waals surface area contributed by atoms with Gasteiger partial charge in [-0.05, 0) is 25.3 Å². The molecule has 2 rings (SSSR count). The summed E-state index contributed by atoms with van der Waals surface area (Å²) in [5.41, 5.74) is 2.85. The third-order valence-corrected chi connectivity index (χ3v) is 3.23. The van der Waals surface area contributed by atoms with Crippen LogP contribution in [0, 0.1) is 5.41 Å². The summed E-state index contributed by atoms with van der Waals surface area (Å²) in [6, 6.07) is 10.4. The lowest BCUT2D eigenvalue weighted by molar-refractivity contribution is 0.104. The van der Waals surface area contributed by atoms with Crippen molar-refractivity contribution >= 4 is 6.08 Å². The molecule has 0 amide bonds. The van der Waals surface area contributed by atoms with Gasteiger partial charge in [0.2, 0.25) is 0 Å². The summed E-state index contributed by atoms with van der Waals surface area (Å²) in [7, 11) is 0. The molecule has 80 valence electrons. The molecule has 15 heavy (non-hydrogen) atoms. The van der Waals surface area contributed by atoms with Crippen molar-refractivity contribution in [3.63, 3.8) is 0 Å². The van der Waals surface area contributed by atoms with Crippen LogP contribution in [0.4, 0.5) is 0 Å². The molecule has 0 spiro atoms.